The Bertz CT molecular complexity index is 799. The number of piperidine rings is 1. The quantitative estimate of drug-likeness (QED) is 0.767. The lowest BCUT2D eigenvalue weighted by Crippen LogP contribution is -2.50. The van der Waals surface area contributed by atoms with Crippen molar-refractivity contribution in [1.82, 2.24) is 9.88 Å². The van der Waals surface area contributed by atoms with Crippen molar-refractivity contribution in [3.8, 4) is 0 Å². The molecule has 0 bridgehead atoms. The van der Waals surface area contributed by atoms with E-state index in [0.717, 1.165) is 44.0 Å². The van der Waals surface area contributed by atoms with E-state index >= 15 is 0 Å². The van der Waals surface area contributed by atoms with Gasteiger partial charge in [0.25, 0.3) is 5.91 Å². The van der Waals surface area contributed by atoms with Gasteiger partial charge in [0.15, 0.2) is 0 Å². The Morgan fingerprint density at radius 3 is 2.68 bits per heavy atom. The number of carbonyl (C=O) groups excluding carboxylic acids is 1. The molecule has 10 heteroatoms. The summed E-state index contributed by atoms with van der Waals surface area (Å²) in [6.07, 6.45) is 0.631. The number of aromatic nitrogens is 1. The summed E-state index contributed by atoms with van der Waals surface area (Å²) < 4.78 is 43.9. The lowest BCUT2D eigenvalue weighted by Gasteiger charge is -2.39. The predicted molar refractivity (Wildman–Crippen MR) is 104 cm³/mol. The third-order valence-electron chi connectivity index (χ3n) is 5.62. The molecule has 1 aromatic rings. The van der Waals surface area contributed by atoms with Crippen LogP contribution < -0.4 is 0 Å². The zero-order valence-electron chi connectivity index (χ0n) is 17.4. The number of aryl methyl sites for hydroxylation is 1. The van der Waals surface area contributed by atoms with Crippen LogP contribution in [0.15, 0.2) is 18.2 Å². The van der Waals surface area contributed by atoms with Crippen LogP contribution in [0.2, 0.25) is 0 Å². The number of carboxylic acids is 1. The molecule has 1 amide bonds. The Morgan fingerprint density at radius 2 is 2.06 bits per heavy atom. The number of alkyl halides is 3. The van der Waals surface area contributed by atoms with Crippen molar-refractivity contribution in [3.63, 3.8) is 0 Å². The van der Waals surface area contributed by atoms with Gasteiger partial charge < -0.3 is 19.5 Å². The Kier molecular flexibility index (Phi) is 7.20. The highest BCUT2D eigenvalue weighted by atomic mass is 19.4. The molecule has 3 aliphatic rings. The number of nitrogens with zero attached hydrogens (tertiary/aromatic N) is 2. The molecule has 0 radical (unpaired) electrons. The van der Waals surface area contributed by atoms with Crippen molar-refractivity contribution in [2.75, 3.05) is 26.3 Å². The van der Waals surface area contributed by atoms with Gasteiger partial charge in [0.2, 0.25) is 0 Å². The summed E-state index contributed by atoms with van der Waals surface area (Å²) in [6.45, 7) is 4.89. The maximum absolute atomic E-state index is 12.8. The highest BCUT2D eigenvalue weighted by Crippen LogP contribution is 2.37. The summed E-state index contributed by atoms with van der Waals surface area (Å²) in [4.78, 5) is 28.0. The Balaban J connectivity index is 0.000000339. The molecule has 0 aromatic carbocycles. The molecule has 3 heterocycles. The predicted octanol–water partition coefficient (Wildman–Crippen LogP) is 3.21. The molecule has 31 heavy (non-hydrogen) atoms. The molecule has 1 spiro atoms. The van der Waals surface area contributed by atoms with Crippen LogP contribution in [0.4, 0.5) is 13.2 Å². The van der Waals surface area contributed by atoms with E-state index in [1.165, 1.54) is 12.8 Å². The number of hydrogen-bond acceptors (Lipinski definition) is 5. The topological polar surface area (TPSA) is 89.0 Å². The van der Waals surface area contributed by atoms with Gasteiger partial charge in [0.05, 0.1) is 24.9 Å². The number of carboxylic acid groups (broad SMARTS) is 1. The van der Waals surface area contributed by atoms with Gasteiger partial charge in [-0.1, -0.05) is 6.07 Å². The van der Waals surface area contributed by atoms with Crippen LogP contribution in [0.1, 0.15) is 48.3 Å². The number of halogens is 3. The fourth-order valence-electron chi connectivity index (χ4n) is 3.85. The fraction of sp³-hybridized carbons (Fsp3) is 0.667. The van der Waals surface area contributed by atoms with Crippen molar-refractivity contribution >= 4 is 11.9 Å². The van der Waals surface area contributed by atoms with Gasteiger partial charge in [-0.25, -0.2) is 9.78 Å². The first-order valence-corrected chi connectivity index (χ1v) is 10.4. The van der Waals surface area contributed by atoms with Crippen molar-refractivity contribution in [2.24, 2.45) is 5.92 Å². The molecule has 4 rings (SSSR count). The molecular formula is C21H27F3N2O5. The molecule has 7 nitrogen and oxygen atoms in total. The molecule has 1 N–H and O–H groups in total. The number of hydrogen-bond donors (Lipinski definition) is 1. The zero-order valence-corrected chi connectivity index (χ0v) is 17.4. The van der Waals surface area contributed by atoms with Gasteiger partial charge in [0.1, 0.15) is 5.69 Å². The first-order valence-electron chi connectivity index (χ1n) is 10.4. The molecule has 172 valence electrons. The number of ether oxygens (including phenoxy) is 2. The Labute approximate surface area is 178 Å². The number of carbonyl (C=O) groups is 2. The van der Waals surface area contributed by atoms with E-state index in [1.807, 2.05) is 24.0 Å². The maximum atomic E-state index is 12.8. The summed E-state index contributed by atoms with van der Waals surface area (Å²) in [5.74, 6) is -1.96. The van der Waals surface area contributed by atoms with E-state index in [2.05, 4.69) is 4.98 Å². The molecule has 2 saturated heterocycles. The second-order valence-electron chi connectivity index (χ2n) is 8.39. The van der Waals surface area contributed by atoms with E-state index in [-0.39, 0.29) is 17.6 Å². The third kappa shape index (κ3) is 6.64. The van der Waals surface area contributed by atoms with E-state index in [1.54, 1.807) is 6.07 Å². The normalized spacial score (nSPS) is 25.8. The Morgan fingerprint density at radius 1 is 1.35 bits per heavy atom. The summed E-state index contributed by atoms with van der Waals surface area (Å²) >= 11 is 0. The monoisotopic (exact) mass is 444 g/mol. The molecular weight excluding hydrogens is 417 g/mol. The van der Waals surface area contributed by atoms with Gasteiger partial charge in [0, 0.05) is 25.3 Å². The Hall–Kier alpha value is -2.20. The highest BCUT2D eigenvalue weighted by molar-refractivity contribution is 5.92. The first-order chi connectivity index (χ1) is 14.6. The van der Waals surface area contributed by atoms with Gasteiger partial charge in [-0.3, -0.25) is 4.79 Å². The smallest absolute Gasteiger partial charge is 0.475 e. The van der Waals surface area contributed by atoms with Gasteiger partial charge in [-0.15, -0.1) is 0 Å². The lowest BCUT2D eigenvalue weighted by atomic mass is 9.89. The van der Waals surface area contributed by atoms with Gasteiger partial charge in [-0.2, -0.15) is 13.2 Å². The van der Waals surface area contributed by atoms with Crippen molar-refractivity contribution in [3.05, 3.63) is 29.6 Å². The summed E-state index contributed by atoms with van der Waals surface area (Å²) in [7, 11) is 0. The largest absolute Gasteiger partial charge is 0.490 e. The first kappa shape index (κ1) is 23.5. The number of rotatable bonds is 4. The lowest BCUT2D eigenvalue weighted by molar-refractivity contribution is -0.192. The summed E-state index contributed by atoms with van der Waals surface area (Å²) in [5.41, 5.74) is 1.19. The number of likely N-dealkylation sites (tertiary alicyclic amines) is 1. The fourth-order valence-corrected chi connectivity index (χ4v) is 3.85. The number of aliphatic carboxylic acids is 1. The average Bonchev–Trinajstić information content (AvgIpc) is 3.47. The van der Waals surface area contributed by atoms with Gasteiger partial charge >= 0.3 is 12.1 Å². The molecule has 3 fully saturated rings. The van der Waals surface area contributed by atoms with Crippen molar-refractivity contribution in [1.29, 1.82) is 0 Å². The molecule has 2 atom stereocenters. The van der Waals surface area contributed by atoms with Crippen LogP contribution in [-0.2, 0) is 14.3 Å². The molecule has 1 aliphatic carbocycles. The van der Waals surface area contributed by atoms with Crippen LogP contribution >= 0.6 is 0 Å². The molecule has 1 aromatic heterocycles. The van der Waals surface area contributed by atoms with Gasteiger partial charge in [-0.05, 0) is 50.7 Å². The molecule has 1 saturated carbocycles. The number of pyridine rings is 1. The van der Waals surface area contributed by atoms with Crippen LogP contribution in [0.25, 0.3) is 0 Å². The minimum absolute atomic E-state index is 0.0173. The second kappa shape index (κ2) is 9.52. The highest BCUT2D eigenvalue weighted by Gasteiger charge is 2.45. The second-order valence-corrected chi connectivity index (χ2v) is 8.39. The zero-order chi connectivity index (χ0) is 22.6. The molecule has 0 unspecified atom stereocenters. The van der Waals surface area contributed by atoms with E-state index in [0.29, 0.717) is 18.8 Å². The number of amides is 1. The summed E-state index contributed by atoms with van der Waals surface area (Å²) in [5, 5.41) is 7.12. The van der Waals surface area contributed by atoms with Crippen LogP contribution in [0.3, 0.4) is 0 Å². The van der Waals surface area contributed by atoms with Crippen LogP contribution in [-0.4, -0.2) is 71.1 Å². The van der Waals surface area contributed by atoms with E-state index in [4.69, 9.17) is 19.4 Å². The van der Waals surface area contributed by atoms with Crippen molar-refractivity contribution in [2.45, 2.75) is 56.9 Å². The van der Waals surface area contributed by atoms with Crippen molar-refractivity contribution < 1.29 is 37.3 Å². The standard InChI is InChI=1S/C19H26N2O3.C2HF3O2/c1-14-4-2-5-17(20-14)18(22)21-9-3-8-19(13-21)10-16(12-24-19)23-11-15-6-7-15;3-2(4,5)1(6)7/h2,4-5,15-16H,3,6-13H2,1H3;(H,6,7)/t16-,19-;/m0./s1. The molecule has 2 aliphatic heterocycles. The minimum Gasteiger partial charge on any atom is -0.475 e. The van der Waals surface area contributed by atoms with E-state index in [9.17, 15) is 18.0 Å². The van der Waals surface area contributed by atoms with Crippen LogP contribution in [0, 0.1) is 12.8 Å². The minimum atomic E-state index is -5.08. The van der Waals surface area contributed by atoms with E-state index < -0.39 is 12.1 Å². The average molecular weight is 444 g/mol. The summed E-state index contributed by atoms with van der Waals surface area (Å²) in [6, 6.07) is 5.60. The maximum Gasteiger partial charge on any atom is 0.490 e. The third-order valence-corrected chi connectivity index (χ3v) is 5.62. The SMILES string of the molecule is Cc1cccc(C(=O)N2CCC[C@]3(C[C@H](OCC4CC4)CO3)C2)n1.O=C(O)C(F)(F)F. The van der Waals surface area contributed by atoms with Crippen LogP contribution in [0.5, 0.6) is 0 Å².